The number of hydrogen-bond donors (Lipinski definition) is 2. The standard InChI is InChI=1S/C15H23N3O5S2.C14H19ClO5S2/c1-5-6-10(3)25(22,23)13-7-9(2)11(14(19)18-15(16)17)8-12(13)24(4,20)21;1-5-6-10(3)22(19,20)13-7-9(2)11(14(15)16)8-12(13)21(4,17)18/h7-8,10H,5-6H2,1-4H3,(H4,16,17,18,19);7-8,10H,5-6H2,1-4H3. The number of sulfone groups is 4. The van der Waals surface area contributed by atoms with Crippen LogP contribution in [0.5, 0.6) is 0 Å². The molecule has 4 N–H and O–H groups in total. The number of nitrogens with two attached hydrogens (primary N) is 2. The summed E-state index contributed by atoms with van der Waals surface area (Å²) in [5.41, 5.74) is 10.9. The molecule has 0 aliphatic carbocycles. The Morgan fingerprint density at radius 3 is 1.32 bits per heavy atom. The van der Waals surface area contributed by atoms with Crippen LogP contribution in [-0.2, 0) is 39.3 Å². The van der Waals surface area contributed by atoms with Gasteiger partial charge < -0.3 is 11.5 Å². The number of guanidine groups is 1. The van der Waals surface area contributed by atoms with Crippen LogP contribution in [-0.4, -0.2) is 73.8 Å². The third-order valence-electron chi connectivity index (χ3n) is 7.12. The van der Waals surface area contributed by atoms with Crippen LogP contribution in [0, 0.1) is 13.8 Å². The fourth-order valence-electron chi connectivity index (χ4n) is 4.52. The number of rotatable bonds is 12. The molecule has 2 aromatic carbocycles. The van der Waals surface area contributed by atoms with Crippen molar-refractivity contribution in [3.05, 3.63) is 46.5 Å². The fraction of sp³-hybridized carbons (Fsp3) is 0.483. The minimum Gasteiger partial charge on any atom is -0.370 e. The van der Waals surface area contributed by atoms with Crippen molar-refractivity contribution in [3.63, 3.8) is 0 Å². The van der Waals surface area contributed by atoms with Crippen molar-refractivity contribution in [3.8, 4) is 0 Å². The second-order valence-corrected chi connectivity index (χ2v) is 20.2. The number of amides is 1. The number of carbonyl (C=O) groups excluding carboxylic acids is 2. The summed E-state index contributed by atoms with van der Waals surface area (Å²) in [6.45, 7) is 9.77. The van der Waals surface area contributed by atoms with Crippen molar-refractivity contribution >= 4 is 68.1 Å². The van der Waals surface area contributed by atoms with Crippen molar-refractivity contribution in [2.45, 2.75) is 97.3 Å². The van der Waals surface area contributed by atoms with Crippen LogP contribution in [0.3, 0.4) is 0 Å². The number of carbonyl (C=O) groups is 2. The van der Waals surface area contributed by atoms with E-state index in [1.165, 1.54) is 32.9 Å². The van der Waals surface area contributed by atoms with Crippen molar-refractivity contribution in [2.24, 2.45) is 16.5 Å². The largest absolute Gasteiger partial charge is 0.370 e. The van der Waals surface area contributed by atoms with Crippen molar-refractivity contribution in [1.82, 2.24) is 0 Å². The Kier molecular flexibility index (Phi) is 14.4. The molecule has 264 valence electrons. The zero-order chi connectivity index (χ0) is 36.9. The van der Waals surface area contributed by atoms with Crippen LogP contribution >= 0.6 is 11.6 Å². The summed E-state index contributed by atoms with van der Waals surface area (Å²) < 4.78 is 99.0. The van der Waals surface area contributed by atoms with Gasteiger partial charge in [-0.25, -0.2) is 33.7 Å². The van der Waals surface area contributed by atoms with Gasteiger partial charge in [0.05, 0.1) is 30.1 Å². The van der Waals surface area contributed by atoms with Crippen LogP contribution in [0.25, 0.3) is 0 Å². The molecule has 0 bridgehead atoms. The molecular weight excluding hydrogens is 714 g/mol. The highest BCUT2D eigenvalue weighted by Crippen LogP contribution is 2.31. The lowest BCUT2D eigenvalue weighted by atomic mass is 10.1. The Morgan fingerprint density at radius 2 is 1.02 bits per heavy atom. The summed E-state index contributed by atoms with van der Waals surface area (Å²) in [6, 6.07) is 4.47. The molecule has 0 radical (unpaired) electrons. The fourth-order valence-corrected chi connectivity index (χ4v) is 11.2. The SMILES string of the molecule is CCCC(C)S(=O)(=O)c1cc(C)c(C(=O)Cl)cc1S(C)(=O)=O.CCCC(C)S(=O)(=O)c1cc(C)c(C(=O)N=C(N)N)cc1S(C)(=O)=O. The first-order chi connectivity index (χ1) is 21.2. The quantitative estimate of drug-likeness (QED) is 0.180. The maximum Gasteiger partial charge on any atom is 0.280 e. The highest BCUT2D eigenvalue weighted by atomic mass is 35.5. The van der Waals surface area contributed by atoms with Crippen LogP contribution in [0.4, 0.5) is 0 Å². The summed E-state index contributed by atoms with van der Waals surface area (Å²) >= 11 is 5.43. The molecule has 0 aliphatic rings. The van der Waals surface area contributed by atoms with Gasteiger partial charge in [-0.05, 0) is 87.5 Å². The normalized spacial score (nSPS) is 13.6. The molecule has 2 aromatic rings. The highest BCUT2D eigenvalue weighted by Gasteiger charge is 2.32. The highest BCUT2D eigenvalue weighted by molar-refractivity contribution is 7.95. The number of aryl methyl sites for hydroxylation is 2. The van der Waals surface area contributed by atoms with E-state index in [4.69, 9.17) is 23.1 Å². The van der Waals surface area contributed by atoms with E-state index >= 15 is 0 Å². The zero-order valence-electron chi connectivity index (χ0n) is 27.5. The summed E-state index contributed by atoms with van der Waals surface area (Å²) in [6.07, 6.45) is 3.89. The molecule has 47 heavy (non-hydrogen) atoms. The first-order valence-corrected chi connectivity index (χ1v) is 21.5. The van der Waals surface area contributed by atoms with Crippen LogP contribution in [0.1, 0.15) is 85.2 Å². The van der Waals surface area contributed by atoms with E-state index in [1.807, 2.05) is 13.8 Å². The van der Waals surface area contributed by atoms with Gasteiger partial charge in [-0.1, -0.05) is 26.7 Å². The molecule has 0 saturated carbocycles. The molecule has 0 aliphatic heterocycles. The van der Waals surface area contributed by atoms with Crippen molar-refractivity contribution < 1.29 is 43.3 Å². The third-order valence-corrected chi connectivity index (χ3v) is 14.3. The van der Waals surface area contributed by atoms with Gasteiger partial charge in [0.2, 0.25) is 0 Å². The second-order valence-electron chi connectivity index (χ2n) is 11.2. The molecule has 2 rings (SSSR count). The number of hydrogen-bond acceptors (Lipinski definition) is 10. The van der Waals surface area contributed by atoms with Crippen LogP contribution in [0.15, 0.2) is 48.8 Å². The summed E-state index contributed by atoms with van der Waals surface area (Å²) in [5.74, 6) is -1.31. The Bertz CT molecular complexity index is 2000. The van der Waals surface area contributed by atoms with E-state index in [1.54, 1.807) is 6.92 Å². The number of halogens is 1. The maximum absolute atomic E-state index is 12.8. The monoisotopic (exact) mass is 755 g/mol. The summed E-state index contributed by atoms with van der Waals surface area (Å²) in [5, 5.41) is -2.29. The summed E-state index contributed by atoms with van der Waals surface area (Å²) in [4.78, 5) is 25.4. The molecule has 18 heteroatoms. The van der Waals surface area contributed by atoms with Crippen LogP contribution in [0.2, 0.25) is 0 Å². The number of benzene rings is 2. The van der Waals surface area contributed by atoms with Gasteiger partial charge in [0, 0.05) is 23.6 Å². The zero-order valence-corrected chi connectivity index (χ0v) is 31.5. The van der Waals surface area contributed by atoms with Gasteiger partial charge in [-0.3, -0.25) is 9.59 Å². The van der Waals surface area contributed by atoms with E-state index in [0.717, 1.165) is 24.6 Å². The first kappa shape index (κ1) is 42.2. The lowest BCUT2D eigenvalue weighted by Gasteiger charge is -2.16. The van der Waals surface area contributed by atoms with Crippen molar-refractivity contribution in [2.75, 3.05) is 12.5 Å². The molecule has 13 nitrogen and oxygen atoms in total. The molecular formula is C29H42ClN3O10S4. The molecule has 0 spiro atoms. The van der Waals surface area contributed by atoms with Gasteiger partial charge in [0.25, 0.3) is 11.1 Å². The molecule has 2 unspecified atom stereocenters. The Morgan fingerprint density at radius 1 is 0.681 bits per heavy atom. The van der Waals surface area contributed by atoms with Gasteiger partial charge in [-0.15, -0.1) is 0 Å². The second kappa shape index (κ2) is 16.0. The Balaban J connectivity index is 0.000000474. The first-order valence-electron chi connectivity index (χ1n) is 14.3. The maximum atomic E-state index is 12.8. The van der Waals surface area contributed by atoms with E-state index < -0.39 is 71.9 Å². The van der Waals surface area contributed by atoms with Gasteiger partial charge >= 0.3 is 0 Å². The molecule has 0 aromatic heterocycles. The van der Waals surface area contributed by atoms with Gasteiger partial charge in [-0.2, -0.15) is 4.99 Å². The number of nitrogens with zero attached hydrogens (tertiary/aromatic N) is 1. The Hall–Kier alpha value is -2.86. The predicted molar refractivity (Wildman–Crippen MR) is 182 cm³/mol. The Labute approximate surface area is 282 Å². The molecule has 1 amide bonds. The average molecular weight is 756 g/mol. The minimum atomic E-state index is -3.91. The lowest BCUT2D eigenvalue weighted by Crippen LogP contribution is -2.25. The summed E-state index contributed by atoms with van der Waals surface area (Å²) in [7, 11) is -15.4. The molecule has 0 fully saturated rings. The molecule has 0 saturated heterocycles. The van der Waals surface area contributed by atoms with Crippen molar-refractivity contribution in [1.29, 1.82) is 0 Å². The third kappa shape index (κ3) is 10.6. The van der Waals surface area contributed by atoms with Gasteiger partial charge in [0.15, 0.2) is 45.3 Å². The topological polar surface area (TPSA) is 235 Å². The van der Waals surface area contributed by atoms with E-state index in [9.17, 15) is 43.3 Å². The molecule has 2 atom stereocenters. The number of aliphatic imine (C=N–C) groups is 1. The lowest BCUT2D eigenvalue weighted by molar-refractivity contribution is 0.100. The van der Waals surface area contributed by atoms with E-state index in [2.05, 4.69) is 4.99 Å². The molecule has 0 heterocycles. The minimum absolute atomic E-state index is 0.0100. The van der Waals surface area contributed by atoms with E-state index in [-0.39, 0.29) is 31.4 Å². The average Bonchev–Trinajstić information content (AvgIpc) is 2.91. The van der Waals surface area contributed by atoms with Crippen LogP contribution < -0.4 is 11.5 Å². The van der Waals surface area contributed by atoms with Gasteiger partial charge in [0.1, 0.15) is 0 Å². The smallest absolute Gasteiger partial charge is 0.280 e. The van der Waals surface area contributed by atoms with E-state index in [0.29, 0.717) is 31.2 Å². The predicted octanol–water partition coefficient (Wildman–Crippen LogP) is 3.51.